The van der Waals surface area contributed by atoms with Crippen molar-refractivity contribution in [3.8, 4) is 17.2 Å². The zero-order chi connectivity index (χ0) is 24.3. The number of methoxy groups -OCH3 is 2. The maximum atomic E-state index is 13.2. The van der Waals surface area contributed by atoms with E-state index in [0.717, 1.165) is 12.4 Å². The molecule has 2 atom stereocenters. The van der Waals surface area contributed by atoms with Gasteiger partial charge in [-0.2, -0.15) is 0 Å². The maximum absolute atomic E-state index is 13.2. The van der Waals surface area contributed by atoms with Gasteiger partial charge >= 0.3 is 0 Å². The number of rotatable bonds is 9. The van der Waals surface area contributed by atoms with Crippen molar-refractivity contribution < 1.29 is 22.3 Å². The highest BCUT2D eigenvalue weighted by Gasteiger charge is 2.31. The summed E-state index contributed by atoms with van der Waals surface area (Å²) in [5.74, 6) is 0.936. The monoisotopic (exact) mass is 492 g/mol. The minimum absolute atomic E-state index is 0.0251. The second-order valence-electron chi connectivity index (χ2n) is 7.62. The Morgan fingerprint density at radius 1 is 1.21 bits per heavy atom. The molecule has 1 aliphatic rings. The molecule has 1 unspecified atom stereocenters. The molecule has 1 aromatic carbocycles. The van der Waals surface area contributed by atoms with E-state index in [-0.39, 0.29) is 24.2 Å². The van der Waals surface area contributed by atoms with Crippen LogP contribution in [-0.4, -0.2) is 59.2 Å². The number of ether oxygens (including phenoxy) is 2. The number of sulfonamides is 1. The van der Waals surface area contributed by atoms with Crippen LogP contribution in [0.25, 0.3) is 5.69 Å². The van der Waals surface area contributed by atoms with Crippen molar-refractivity contribution in [1.82, 2.24) is 35.6 Å². The fraction of sp³-hybridized carbons (Fsp3) is 0.400. The van der Waals surface area contributed by atoms with Crippen LogP contribution in [0.4, 0.5) is 10.3 Å². The van der Waals surface area contributed by atoms with E-state index in [2.05, 4.69) is 35.7 Å². The summed E-state index contributed by atoms with van der Waals surface area (Å²) in [6.07, 6.45) is 2.67. The Hall–Kier alpha value is -3.36. The number of halogens is 1. The second-order valence-corrected chi connectivity index (χ2v) is 9.72. The first-order chi connectivity index (χ1) is 16.3. The zero-order valence-corrected chi connectivity index (χ0v) is 19.6. The first kappa shape index (κ1) is 23.8. The zero-order valence-electron chi connectivity index (χ0n) is 18.8. The molecule has 3 aromatic rings. The Kier molecular flexibility index (Phi) is 6.90. The highest BCUT2D eigenvalue weighted by atomic mass is 32.2. The van der Waals surface area contributed by atoms with Gasteiger partial charge in [0.1, 0.15) is 23.0 Å². The molecule has 3 N–H and O–H groups in total. The molecule has 3 heterocycles. The first-order valence-electron chi connectivity index (χ1n) is 10.5. The molecule has 12 nitrogen and oxygen atoms in total. The molecule has 0 amide bonds. The summed E-state index contributed by atoms with van der Waals surface area (Å²) in [5.41, 5.74) is 6.61. The van der Waals surface area contributed by atoms with Gasteiger partial charge < -0.3 is 9.47 Å². The molecule has 0 bridgehead atoms. The summed E-state index contributed by atoms with van der Waals surface area (Å²) >= 11 is 0. The summed E-state index contributed by atoms with van der Waals surface area (Å²) in [7, 11) is -0.954. The minimum Gasteiger partial charge on any atom is -0.494 e. The van der Waals surface area contributed by atoms with Crippen LogP contribution >= 0.6 is 0 Å². The summed E-state index contributed by atoms with van der Waals surface area (Å²) in [4.78, 5) is 7.69. The number of anilines is 1. The highest BCUT2D eigenvalue weighted by Crippen LogP contribution is 2.37. The predicted molar refractivity (Wildman–Crippen MR) is 121 cm³/mol. The van der Waals surface area contributed by atoms with Crippen LogP contribution < -0.4 is 25.0 Å². The number of para-hydroxylation sites is 1. The van der Waals surface area contributed by atoms with Crippen molar-refractivity contribution >= 4 is 16.0 Å². The number of aromatic nitrogens is 5. The quantitative estimate of drug-likeness (QED) is 0.397. The van der Waals surface area contributed by atoms with Crippen LogP contribution in [-0.2, 0) is 16.4 Å². The van der Waals surface area contributed by atoms with E-state index in [4.69, 9.17) is 9.47 Å². The molecule has 0 spiro atoms. The number of hydrazine groups is 1. The predicted octanol–water partition coefficient (Wildman–Crippen LogP) is 1.13. The standard InChI is InChI=1S/C20H25FN8O4S/c1-12(9-17-22-10-13(21)11-23-17)34(30,31)28-20-27-26-19(14-7-8-24-25-14)29(20)18-15(32-2)5-4-6-16(18)33-3/h4-6,10-12,14,24-25H,7-9H2,1-3H3,(H,27,28)/t12-,14?/m1/s1. The Morgan fingerprint density at radius 3 is 2.47 bits per heavy atom. The van der Waals surface area contributed by atoms with Gasteiger partial charge in [-0.25, -0.2) is 28.2 Å². The van der Waals surface area contributed by atoms with Crippen molar-refractivity contribution in [2.24, 2.45) is 0 Å². The van der Waals surface area contributed by atoms with E-state index >= 15 is 0 Å². The SMILES string of the molecule is COc1cccc(OC)c1-n1c(NS(=O)(=O)[C@H](C)Cc2ncc(F)cn2)nnc1C1CCNN1. The van der Waals surface area contributed by atoms with Crippen LogP contribution in [0.5, 0.6) is 11.5 Å². The number of hydrogen-bond donors (Lipinski definition) is 3. The van der Waals surface area contributed by atoms with Crippen molar-refractivity contribution in [2.45, 2.75) is 31.1 Å². The molecule has 0 radical (unpaired) electrons. The lowest BCUT2D eigenvalue weighted by atomic mass is 10.2. The van der Waals surface area contributed by atoms with Crippen molar-refractivity contribution in [3.05, 3.63) is 48.1 Å². The Bertz CT molecular complexity index is 1220. The second kappa shape index (κ2) is 9.87. The molecule has 14 heteroatoms. The van der Waals surface area contributed by atoms with Gasteiger partial charge in [-0.3, -0.25) is 14.7 Å². The van der Waals surface area contributed by atoms with E-state index in [1.165, 1.54) is 21.1 Å². The maximum Gasteiger partial charge on any atom is 0.243 e. The largest absolute Gasteiger partial charge is 0.494 e. The Labute approximate surface area is 195 Å². The number of nitrogens with zero attached hydrogens (tertiary/aromatic N) is 5. The molecule has 4 rings (SSSR count). The van der Waals surface area contributed by atoms with E-state index < -0.39 is 21.1 Å². The molecule has 0 aliphatic carbocycles. The van der Waals surface area contributed by atoms with Gasteiger partial charge in [-0.05, 0) is 25.5 Å². The molecule has 1 aliphatic heterocycles. The molecule has 34 heavy (non-hydrogen) atoms. The van der Waals surface area contributed by atoms with Gasteiger partial charge in [0.2, 0.25) is 16.0 Å². The molecule has 1 fully saturated rings. The fourth-order valence-corrected chi connectivity index (χ4v) is 4.53. The van der Waals surface area contributed by atoms with Crippen LogP contribution in [0.1, 0.15) is 31.0 Å². The molecule has 182 valence electrons. The average molecular weight is 493 g/mol. The normalized spacial score (nSPS) is 16.9. The van der Waals surface area contributed by atoms with Gasteiger partial charge in [0.15, 0.2) is 11.6 Å². The Balaban J connectivity index is 1.73. The van der Waals surface area contributed by atoms with Gasteiger partial charge in [0.25, 0.3) is 0 Å². The third-order valence-corrected chi connectivity index (χ3v) is 7.06. The van der Waals surface area contributed by atoms with Crippen molar-refractivity contribution in [1.29, 1.82) is 0 Å². The van der Waals surface area contributed by atoms with E-state index in [0.29, 0.717) is 36.0 Å². The molecule has 0 saturated carbocycles. The van der Waals surface area contributed by atoms with Gasteiger partial charge in [-0.15, -0.1) is 10.2 Å². The molecule has 1 saturated heterocycles. The summed E-state index contributed by atoms with van der Waals surface area (Å²) in [5, 5.41) is 7.46. The fourth-order valence-electron chi connectivity index (χ4n) is 3.58. The summed E-state index contributed by atoms with van der Waals surface area (Å²) < 4.78 is 54.6. The van der Waals surface area contributed by atoms with Gasteiger partial charge in [0, 0.05) is 13.0 Å². The number of benzene rings is 1. The topological polar surface area (TPSA) is 145 Å². The lowest BCUT2D eigenvalue weighted by Crippen LogP contribution is -2.30. The van der Waals surface area contributed by atoms with E-state index in [1.807, 2.05) is 0 Å². The third-order valence-electron chi connectivity index (χ3n) is 5.37. The lowest BCUT2D eigenvalue weighted by molar-refractivity contribution is 0.389. The minimum atomic E-state index is -3.97. The van der Waals surface area contributed by atoms with Crippen LogP contribution in [0, 0.1) is 5.82 Å². The number of nitrogens with one attached hydrogen (secondary N) is 3. The summed E-state index contributed by atoms with van der Waals surface area (Å²) in [6.45, 7) is 2.21. The van der Waals surface area contributed by atoms with Crippen molar-refractivity contribution in [3.63, 3.8) is 0 Å². The lowest BCUT2D eigenvalue weighted by Gasteiger charge is -2.20. The van der Waals surface area contributed by atoms with Gasteiger partial charge in [0.05, 0.1) is 37.9 Å². The Morgan fingerprint density at radius 2 is 1.88 bits per heavy atom. The van der Waals surface area contributed by atoms with E-state index in [1.54, 1.807) is 22.8 Å². The average Bonchev–Trinajstić information content (AvgIpc) is 3.49. The van der Waals surface area contributed by atoms with Crippen LogP contribution in [0.2, 0.25) is 0 Å². The summed E-state index contributed by atoms with van der Waals surface area (Å²) in [6, 6.07) is 4.99. The first-order valence-corrected chi connectivity index (χ1v) is 12.0. The van der Waals surface area contributed by atoms with Gasteiger partial charge in [-0.1, -0.05) is 6.07 Å². The number of hydrogen-bond acceptors (Lipinski definition) is 10. The highest BCUT2D eigenvalue weighted by molar-refractivity contribution is 7.93. The van der Waals surface area contributed by atoms with Crippen LogP contribution in [0.15, 0.2) is 30.6 Å². The smallest absolute Gasteiger partial charge is 0.243 e. The third kappa shape index (κ3) is 4.78. The van der Waals surface area contributed by atoms with Crippen molar-refractivity contribution in [2.75, 3.05) is 25.5 Å². The van der Waals surface area contributed by atoms with E-state index in [9.17, 15) is 12.8 Å². The molecule has 2 aromatic heterocycles. The van der Waals surface area contributed by atoms with Crippen LogP contribution in [0.3, 0.4) is 0 Å². The molecular formula is C20H25FN8O4S. The molecular weight excluding hydrogens is 467 g/mol.